The molecule has 0 aliphatic rings. The summed E-state index contributed by atoms with van der Waals surface area (Å²) in [7, 11) is 0. The molecule has 1 heterocycles. The van der Waals surface area contributed by atoms with Crippen molar-refractivity contribution in [1.29, 1.82) is 0 Å². The second-order valence-electron chi connectivity index (χ2n) is 4.34. The SMILES string of the molecule is CCC(CC)CC(NN)c1ncccc1C. The number of hydrogen-bond donors (Lipinski definition) is 2. The smallest absolute Gasteiger partial charge is 0.0637 e. The normalized spacial score (nSPS) is 13.1. The Morgan fingerprint density at radius 2 is 2.06 bits per heavy atom. The van der Waals surface area contributed by atoms with Crippen molar-refractivity contribution in [1.82, 2.24) is 10.4 Å². The molecular formula is C13H23N3. The molecule has 0 amide bonds. The molecular weight excluding hydrogens is 198 g/mol. The minimum atomic E-state index is 0.172. The van der Waals surface area contributed by atoms with Gasteiger partial charge >= 0.3 is 0 Å². The number of rotatable bonds is 6. The van der Waals surface area contributed by atoms with E-state index >= 15 is 0 Å². The van der Waals surface area contributed by atoms with Gasteiger partial charge in [-0.1, -0.05) is 32.8 Å². The molecule has 1 rings (SSSR count). The van der Waals surface area contributed by atoms with Gasteiger partial charge in [-0.25, -0.2) is 0 Å². The summed E-state index contributed by atoms with van der Waals surface area (Å²) in [6, 6.07) is 4.22. The Bertz CT molecular complexity index is 308. The predicted octanol–water partition coefficient (Wildman–Crippen LogP) is 2.72. The Morgan fingerprint density at radius 3 is 2.56 bits per heavy atom. The number of pyridine rings is 1. The highest BCUT2D eigenvalue weighted by molar-refractivity contribution is 5.20. The first-order valence-electron chi connectivity index (χ1n) is 6.10. The van der Waals surface area contributed by atoms with Crippen molar-refractivity contribution in [2.75, 3.05) is 0 Å². The van der Waals surface area contributed by atoms with Crippen LogP contribution in [0.4, 0.5) is 0 Å². The van der Waals surface area contributed by atoms with Crippen LogP contribution in [-0.4, -0.2) is 4.98 Å². The molecule has 0 aliphatic heterocycles. The Morgan fingerprint density at radius 1 is 1.38 bits per heavy atom. The third kappa shape index (κ3) is 3.29. The molecule has 1 atom stereocenters. The van der Waals surface area contributed by atoms with Crippen LogP contribution in [0.5, 0.6) is 0 Å². The van der Waals surface area contributed by atoms with Crippen LogP contribution < -0.4 is 11.3 Å². The van der Waals surface area contributed by atoms with Crippen molar-refractivity contribution in [2.24, 2.45) is 11.8 Å². The van der Waals surface area contributed by atoms with E-state index in [2.05, 4.69) is 37.2 Å². The lowest BCUT2D eigenvalue weighted by Crippen LogP contribution is -2.30. The van der Waals surface area contributed by atoms with Gasteiger partial charge in [0.2, 0.25) is 0 Å². The molecule has 0 spiro atoms. The highest BCUT2D eigenvalue weighted by atomic mass is 15.2. The largest absolute Gasteiger partial charge is 0.271 e. The molecule has 0 bridgehead atoms. The van der Waals surface area contributed by atoms with Crippen LogP contribution in [0.1, 0.15) is 50.4 Å². The zero-order valence-corrected chi connectivity index (χ0v) is 10.5. The van der Waals surface area contributed by atoms with Gasteiger partial charge in [0.1, 0.15) is 0 Å². The Kier molecular flexibility index (Phi) is 5.43. The summed E-state index contributed by atoms with van der Waals surface area (Å²) in [5.41, 5.74) is 5.18. The number of nitrogens with one attached hydrogen (secondary N) is 1. The molecule has 1 aromatic heterocycles. The third-order valence-corrected chi connectivity index (χ3v) is 3.30. The monoisotopic (exact) mass is 221 g/mol. The summed E-state index contributed by atoms with van der Waals surface area (Å²) in [5, 5.41) is 0. The fraction of sp³-hybridized carbons (Fsp3) is 0.615. The molecule has 0 aliphatic carbocycles. The maximum absolute atomic E-state index is 5.64. The first-order valence-corrected chi connectivity index (χ1v) is 6.10. The van der Waals surface area contributed by atoms with E-state index in [0.29, 0.717) is 5.92 Å². The number of hydrogen-bond acceptors (Lipinski definition) is 3. The van der Waals surface area contributed by atoms with Gasteiger partial charge in [0.25, 0.3) is 0 Å². The maximum Gasteiger partial charge on any atom is 0.0637 e. The molecule has 16 heavy (non-hydrogen) atoms. The first-order chi connectivity index (χ1) is 7.72. The minimum Gasteiger partial charge on any atom is -0.271 e. The van der Waals surface area contributed by atoms with E-state index in [-0.39, 0.29) is 6.04 Å². The van der Waals surface area contributed by atoms with Crippen molar-refractivity contribution < 1.29 is 0 Å². The van der Waals surface area contributed by atoms with Gasteiger partial charge in [-0.3, -0.25) is 16.3 Å². The van der Waals surface area contributed by atoms with Crippen LogP contribution >= 0.6 is 0 Å². The average Bonchev–Trinajstić information content (AvgIpc) is 2.32. The van der Waals surface area contributed by atoms with Gasteiger partial charge in [0.15, 0.2) is 0 Å². The van der Waals surface area contributed by atoms with Crippen molar-refractivity contribution >= 4 is 0 Å². The second kappa shape index (κ2) is 6.61. The lowest BCUT2D eigenvalue weighted by Gasteiger charge is -2.22. The van der Waals surface area contributed by atoms with Crippen molar-refractivity contribution in [3.8, 4) is 0 Å². The minimum absolute atomic E-state index is 0.172. The summed E-state index contributed by atoms with van der Waals surface area (Å²) in [5.74, 6) is 6.35. The van der Waals surface area contributed by atoms with Crippen molar-refractivity contribution in [3.05, 3.63) is 29.6 Å². The molecule has 1 aromatic rings. The topological polar surface area (TPSA) is 50.9 Å². The van der Waals surface area contributed by atoms with E-state index in [1.54, 1.807) is 0 Å². The number of aryl methyl sites for hydroxylation is 1. The Labute approximate surface area is 98.4 Å². The van der Waals surface area contributed by atoms with Crippen LogP contribution in [-0.2, 0) is 0 Å². The lowest BCUT2D eigenvalue weighted by molar-refractivity contribution is 0.369. The maximum atomic E-state index is 5.64. The van der Waals surface area contributed by atoms with Gasteiger partial charge in [0.05, 0.1) is 11.7 Å². The van der Waals surface area contributed by atoms with Gasteiger partial charge in [-0.15, -0.1) is 0 Å². The number of nitrogens with zero attached hydrogens (tertiary/aromatic N) is 1. The molecule has 0 fully saturated rings. The first kappa shape index (κ1) is 13.1. The third-order valence-electron chi connectivity index (χ3n) is 3.30. The molecule has 3 nitrogen and oxygen atoms in total. The van der Waals surface area contributed by atoms with E-state index in [0.717, 1.165) is 12.1 Å². The quantitative estimate of drug-likeness (QED) is 0.573. The zero-order valence-electron chi connectivity index (χ0n) is 10.5. The van der Waals surface area contributed by atoms with Gasteiger partial charge in [0, 0.05) is 6.20 Å². The highest BCUT2D eigenvalue weighted by Crippen LogP contribution is 2.24. The van der Waals surface area contributed by atoms with Crippen molar-refractivity contribution in [3.63, 3.8) is 0 Å². The molecule has 3 heteroatoms. The summed E-state index contributed by atoms with van der Waals surface area (Å²) in [6.45, 7) is 6.54. The number of aromatic nitrogens is 1. The highest BCUT2D eigenvalue weighted by Gasteiger charge is 2.17. The van der Waals surface area contributed by atoms with E-state index in [1.165, 1.54) is 18.4 Å². The van der Waals surface area contributed by atoms with Crippen LogP contribution in [0, 0.1) is 12.8 Å². The molecule has 0 saturated heterocycles. The summed E-state index contributed by atoms with van der Waals surface area (Å²) in [6.07, 6.45) is 5.28. The molecule has 1 unspecified atom stereocenters. The van der Waals surface area contributed by atoms with Crippen LogP contribution in [0.15, 0.2) is 18.3 Å². The molecule has 0 saturated carbocycles. The summed E-state index contributed by atoms with van der Waals surface area (Å²) >= 11 is 0. The Balaban J connectivity index is 2.78. The van der Waals surface area contributed by atoms with Gasteiger partial charge in [-0.05, 0) is 30.9 Å². The van der Waals surface area contributed by atoms with Gasteiger partial charge in [-0.2, -0.15) is 0 Å². The Hall–Kier alpha value is -0.930. The number of nitrogens with two attached hydrogens (primary N) is 1. The fourth-order valence-electron chi connectivity index (χ4n) is 2.08. The molecule has 0 aromatic carbocycles. The molecule has 3 N–H and O–H groups in total. The lowest BCUT2D eigenvalue weighted by atomic mass is 9.92. The zero-order chi connectivity index (χ0) is 12.0. The second-order valence-corrected chi connectivity index (χ2v) is 4.34. The van der Waals surface area contributed by atoms with E-state index in [9.17, 15) is 0 Å². The summed E-state index contributed by atoms with van der Waals surface area (Å²) < 4.78 is 0. The molecule has 90 valence electrons. The van der Waals surface area contributed by atoms with Crippen molar-refractivity contribution in [2.45, 2.75) is 46.1 Å². The molecule has 0 radical (unpaired) electrons. The standard InChI is InChI=1S/C13H23N3/c1-4-11(5-2)9-12(16-14)13-10(3)7-6-8-15-13/h6-8,11-12,16H,4-5,9,14H2,1-3H3. The van der Waals surface area contributed by atoms with Gasteiger partial charge < -0.3 is 0 Å². The van der Waals surface area contributed by atoms with Crippen LogP contribution in [0.3, 0.4) is 0 Å². The van der Waals surface area contributed by atoms with Crippen LogP contribution in [0.2, 0.25) is 0 Å². The fourth-order valence-corrected chi connectivity index (χ4v) is 2.08. The van der Waals surface area contributed by atoms with E-state index in [4.69, 9.17) is 5.84 Å². The summed E-state index contributed by atoms with van der Waals surface area (Å²) in [4.78, 5) is 4.43. The number of hydrazine groups is 1. The van der Waals surface area contributed by atoms with E-state index < -0.39 is 0 Å². The van der Waals surface area contributed by atoms with E-state index in [1.807, 2.05) is 12.3 Å². The van der Waals surface area contributed by atoms with Crippen LogP contribution in [0.25, 0.3) is 0 Å². The predicted molar refractivity (Wildman–Crippen MR) is 67.7 cm³/mol. The average molecular weight is 221 g/mol.